The Labute approximate surface area is 114 Å². The fourth-order valence-corrected chi connectivity index (χ4v) is 2.70. The van der Waals surface area contributed by atoms with Crippen LogP contribution < -0.4 is 0 Å². The van der Waals surface area contributed by atoms with Crippen molar-refractivity contribution in [3.8, 4) is 10.7 Å². The monoisotopic (exact) mass is 275 g/mol. The van der Waals surface area contributed by atoms with Gasteiger partial charge in [0.25, 0.3) is 0 Å². The van der Waals surface area contributed by atoms with Crippen molar-refractivity contribution in [2.45, 2.75) is 6.54 Å². The van der Waals surface area contributed by atoms with Gasteiger partial charge in [-0.3, -0.25) is 0 Å². The average molecular weight is 276 g/mol. The Kier molecular flexibility index (Phi) is 3.13. The van der Waals surface area contributed by atoms with Crippen LogP contribution in [0.25, 0.3) is 10.7 Å². The molecule has 18 heavy (non-hydrogen) atoms. The smallest absolute Gasteiger partial charge is 0.150 e. The minimum atomic E-state index is 0.545. The molecular weight excluding hydrogens is 266 g/mol. The van der Waals surface area contributed by atoms with Crippen LogP contribution in [0, 0.1) is 0 Å². The number of thiophene rings is 1. The lowest BCUT2D eigenvalue weighted by atomic mass is 10.3. The maximum Gasteiger partial charge on any atom is 0.150 e. The van der Waals surface area contributed by atoms with Crippen molar-refractivity contribution in [3.63, 3.8) is 0 Å². The summed E-state index contributed by atoms with van der Waals surface area (Å²) in [6.45, 7) is 0.680. The molecule has 0 aliphatic rings. The fourth-order valence-electron chi connectivity index (χ4n) is 1.79. The van der Waals surface area contributed by atoms with Gasteiger partial charge in [0.1, 0.15) is 11.0 Å². The Balaban J connectivity index is 1.95. The summed E-state index contributed by atoms with van der Waals surface area (Å²) in [6.07, 6.45) is 5.46. The first-order valence-electron chi connectivity index (χ1n) is 5.49. The standard InChI is InChI=1S/C13H10ClN3S/c14-12-10(3-1-5-15-12)9-17-7-6-16-13(17)11-4-2-8-18-11/h1-8H,9H2. The summed E-state index contributed by atoms with van der Waals surface area (Å²) < 4.78 is 2.08. The molecule has 3 aromatic rings. The summed E-state index contributed by atoms with van der Waals surface area (Å²) in [5.41, 5.74) is 0.995. The van der Waals surface area contributed by atoms with E-state index in [4.69, 9.17) is 11.6 Å². The normalized spacial score (nSPS) is 10.7. The van der Waals surface area contributed by atoms with E-state index in [1.165, 1.54) is 0 Å². The Morgan fingerprint density at radius 3 is 2.89 bits per heavy atom. The Bertz CT molecular complexity index is 646. The zero-order chi connectivity index (χ0) is 12.4. The molecular formula is C13H10ClN3S. The van der Waals surface area contributed by atoms with Crippen molar-refractivity contribution in [2.75, 3.05) is 0 Å². The zero-order valence-corrected chi connectivity index (χ0v) is 11.0. The van der Waals surface area contributed by atoms with Crippen molar-refractivity contribution in [3.05, 3.63) is 59.0 Å². The highest BCUT2D eigenvalue weighted by atomic mass is 35.5. The molecule has 0 fully saturated rings. The molecule has 0 saturated carbocycles. The van der Waals surface area contributed by atoms with Crippen molar-refractivity contribution >= 4 is 22.9 Å². The van der Waals surface area contributed by atoms with E-state index in [-0.39, 0.29) is 0 Å². The van der Waals surface area contributed by atoms with E-state index in [0.29, 0.717) is 11.7 Å². The topological polar surface area (TPSA) is 30.7 Å². The van der Waals surface area contributed by atoms with E-state index < -0.39 is 0 Å². The molecule has 0 N–H and O–H groups in total. The quantitative estimate of drug-likeness (QED) is 0.682. The number of hydrogen-bond acceptors (Lipinski definition) is 3. The predicted molar refractivity (Wildman–Crippen MR) is 73.9 cm³/mol. The summed E-state index contributed by atoms with van der Waals surface area (Å²) in [4.78, 5) is 9.63. The largest absolute Gasteiger partial charge is 0.326 e. The summed E-state index contributed by atoms with van der Waals surface area (Å²) in [6, 6.07) is 7.96. The third kappa shape index (κ3) is 2.17. The van der Waals surface area contributed by atoms with Gasteiger partial charge in [0, 0.05) is 24.2 Å². The van der Waals surface area contributed by atoms with E-state index >= 15 is 0 Å². The summed E-state index contributed by atoms with van der Waals surface area (Å²) >= 11 is 7.75. The van der Waals surface area contributed by atoms with Crippen LogP contribution in [0.5, 0.6) is 0 Å². The first-order valence-corrected chi connectivity index (χ1v) is 6.75. The molecule has 0 atom stereocenters. The number of rotatable bonds is 3. The van der Waals surface area contributed by atoms with E-state index in [9.17, 15) is 0 Å². The van der Waals surface area contributed by atoms with Crippen LogP contribution in [0.4, 0.5) is 0 Å². The van der Waals surface area contributed by atoms with Gasteiger partial charge < -0.3 is 4.57 Å². The molecule has 0 radical (unpaired) electrons. The lowest BCUT2D eigenvalue weighted by molar-refractivity contribution is 0.804. The van der Waals surface area contributed by atoms with Crippen molar-refractivity contribution in [1.82, 2.24) is 14.5 Å². The highest BCUT2D eigenvalue weighted by molar-refractivity contribution is 7.13. The Morgan fingerprint density at radius 2 is 2.11 bits per heavy atom. The second kappa shape index (κ2) is 4.92. The van der Waals surface area contributed by atoms with E-state index in [1.54, 1.807) is 23.7 Å². The second-order valence-corrected chi connectivity index (χ2v) is 5.12. The number of imidazole rings is 1. The molecule has 0 aliphatic carbocycles. The fraction of sp³-hybridized carbons (Fsp3) is 0.0769. The van der Waals surface area contributed by atoms with Crippen molar-refractivity contribution in [1.29, 1.82) is 0 Å². The third-order valence-electron chi connectivity index (χ3n) is 2.63. The number of nitrogens with zero attached hydrogens (tertiary/aromatic N) is 3. The minimum absolute atomic E-state index is 0.545. The van der Waals surface area contributed by atoms with Gasteiger partial charge >= 0.3 is 0 Å². The van der Waals surface area contributed by atoms with Crippen LogP contribution in [-0.2, 0) is 6.54 Å². The van der Waals surface area contributed by atoms with Crippen LogP contribution in [0.15, 0.2) is 48.2 Å². The summed E-state index contributed by atoms with van der Waals surface area (Å²) in [5.74, 6) is 0.963. The summed E-state index contributed by atoms with van der Waals surface area (Å²) in [7, 11) is 0. The van der Waals surface area contributed by atoms with Crippen LogP contribution >= 0.6 is 22.9 Å². The minimum Gasteiger partial charge on any atom is -0.326 e. The molecule has 3 rings (SSSR count). The molecule has 0 saturated heterocycles. The van der Waals surface area contributed by atoms with Crippen molar-refractivity contribution in [2.24, 2.45) is 0 Å². The van der Waals surface area contributed by atoms with Gasteiger partial charge in [0.05, 0.1) is 11.4 Å². The van der Waals surface area contributed by atoms with Gasteiger partial charge in [-0.2, -0.15) is 0 Å². The SMILES string of the molecule is Clc1ncccc1Cn1ccnc1-c1cccs1. The molecule has 0 spiro atoms. The van der Waals surface area contributed by atoms with Gasteiger partial charge in [0.15, 0.2) is 0 Å². The van der Waals surface area contributed by atoms with Crippen LogP contribution in [0.2, 0.25) is 5.15 Å². The molecule has 0 unspecified atom stereocenters. The maximum atomic E-state index is 6.08. The van der Waals surface area contributed by atoms with Gasteiger partial charge in [0.2, 0.25) is 0 Å². The highest BCUT2D eigenvalue weighted by Crippen LogP contribution is 2.24. The van der Waals surface area contributed by atoms with Gasteiger partial charge in [-0.1, -0.05) is 23.7 Å². The predicted octanol–water partition coefficient (Wildman–Crippen LogP) is 3.71. The molecule has 0 amide bonds. The second-order valence-electron chi connectivity index (χ2n) is 3.81. The maximum absolute atomic E-state index is 6.08. The van der Waals surface area contributed by atoms with Gasteiger partial charge in [-0.15, -0.1) is 11.3 Å². The molecule has 5 heteroatoms. The number of hydrogen-bond donors (Lipinski definition) is 0. The Morgan fingerprint density at radius 1 is 1.17 bits per heavy atom. The van der Waals surface area contributed by atoms with Crippen LogP contribution in [0.1, 0.15) is 5.56 Å². The number of aromatic nitrogens is 3. The molecule has 0 aromatic carbocycles. The molecule has 3 nitrogen and oxygen atoms in total. The van der Waals surface area contributed by atoms with Crippen molar-refractivity contribution < 1.29 is 0 Å². The lowest BCUT2D eigenvalue weighted by Crippen LogP contribution is -2.01. The first-order chi connectivity index (χ1) is 8.84. The van der Waals surface area contributed by atoms with E-state index in [2.05, 4.69) is 20.6 Å². The van der Waals surface area contributed by atoms with Gasteiger partial charge in [-0.05, 0) is 17.5 Å². The van der Waals surface area contributed by atoms with Crippen LogP contribution in [-0.4, -0.2) is 14.5 Å². The molecule has 3 aromatic heterocycles. The molecule has 90 valence electrons. The zero-order valence-electron chi connectivity index (χ0n) is 9.45. The van der Waals surface area contributed by atoms with Gasteiger partial charge in [-0.25, -0.2) is 9.97 Å². The molecule has 3 heterocycles. The molecule has 0 aliphatic heterocycles. The lowest BCUT2D eigenvalue weighted by Gasteiger charge is -2.07. The highest BCUT2D eigenvalue weighted by Gasteiger charge is 2.08. The summed E-state index contributed by atoms with van der Waals surface area (Å²) in [5, 5.41) is 2.59. The van der Waals surface area contributed by atoms with E-state index in [0.717, 1.165) is 16.3 Å². The third-order valence-corrected chi connectivity index (χ3v) is 3.84. The van der Waals surface area contributed by atoms with Crippen LogP contribution in [0.3, 0.4) is 0 Å². The first kappa shape index (κ1) is 11.4. The number of halogens is 1. The Hall–Kier alpha value is -1.65. The van der Waals surface area contributed by atoms with E-state index in [1.807, 2.05) is 29.8 Å². The average Bonchev–Trinajstić information content (AvgIpc) is 3.02. The number of pyridine rings is 1. The molecule has 0 bridgehead atoms.